The normalized spacial score (nSPS) is 30.5. The molecule has 1 unspecified atom stereocenters. The minimum atomic E-state index is -0.820. The lowest BCUT2D eigenvalue weighted by Gasteiger charge is -2.46. The van der Waals surface area contributed by atoms with Crippen molar-refractivity contribution in [2.45, 2.75) is 52.2 Å². The van der Waals surface area contributed by atoms with Gasteiger partial charge in [-0.25, -0.2) is 4.79 Å². The lowest BCUT2D eigenvalue weighted by atomic mass is 9.67. The van der Waals surface area contributed by atoms with Crippen molar-refractivity contribution in [2.24, 2.45) is 10.8 Å². The summed E-state index contributed by atoms with van der Waals surface area (Å²) >= 11 is 1.69. The Morgan fingerprint density at radius 2 is 2.04 bits per heavy atom. The first kappa shape index (κ1) is 17.4. The summed E-state index contributed by atoms with van der Waals surface area (Å²) in [5, 5.41) is 18.2. The number of hydrogen-bond acceptors (Lipinski definition) is 3. The van der Waals surface area contributed by atoms with Gasteiger partial charge in [0.05, 0.1) is 12.1 Å². The quantitative estimate of drug-likeness (QED) is 0.671. The number of likely N-dealkylation sites (tertiary alicyclic amines) is 1. The molecule has 26 heavy (non-hydrogen) atoms. The molecule has 2 N–H and O–H groups in total. The summed E-state index contributed by atoms with van der Waals surface area (Å²) < 4.78 is 0. The maximum Gasteiger partial charge on any atom is 0.408 e. The molecule has 1 aromatic carbocycles. The first-order chi connectivity index (χ1) is 12.2. The van der Waals surface area contributed by atoms with Gasteiger partial charge in [0, 0.05) is 17.1 Å². The number of carbonyl (C=O) groups is 1. The first-order valence-electron chi connectivity index (χ1n) is 9.12. The maximum atomic E-state index is 12.4. The topological polar surface area (TPSA) is 52.6 Å². The summed E-state index contributed by atoms with van der Waals surface area (Å²) in [6, 6.07) is 10.3. The van der Waals surface area contributed by atoms with Crippen LogP contribution in [-0.4, -0.2) is 22.1 Å². The highest BCUT2D eigenvalue weighted by Gasteiger charge is 2.60. The molecule has 3 heterocycles. The number of hydrogen-bond donors (Lipinski definition) is 2. The third-order valence-corrected chi connectivity index (χ3v) is 6.88. The van der Waals surface area contributed by atoms with Crippen LogP contribution in [0.15, 0.2) is 41.1 Å². The Morgan fingerprint density at radius 3 is 2.65 bits per heavy atom. The monoisotopic (exact) mass is 370 g/mol. The fourth-order valence-corrected chi connectivity index (χ4v) is 5.65. The molecular weight excluding hydrogens is 344 g/mol. The van der Waals surface area contributed by atoms with Gasteiger partial charge in [-0.05, 0) is 45.9 Å². The number of nitrogens with zero attached hydrogens (tertiary/aromatic N) is 1. The Bertz CT molecular complexity index is 827. The van der Waals surface area contributed by atoms with Gasteiger partial charge in [0.1, 0.15) is 0 Å². The van der Waals surface area contributed by atoms with Crippen LogP contribution in [0.4, 0.5) is 10.5 Å². The number of thiophene rings is 1. The van der Waals surface area contributed by atoms with E-state index in [1.807, 2.05) is 12.1 Å². The Kier molecular flexibility index (Phi) is 3.85. The zero-order valence-corrected chi connectivity index (χ0v) is 16.5. The fraction of sp³-hybridized carbons (Fsp3) is 0.476. The molecule has 0 radical (unpaired) electrons. The van der Waals surface area contributed by atoms with Crippen molar-refractivity contribution in [1.29, 1.82) is 0 Å². The van der Waals surface area contributed by atoms with Crippen LogP contribution in [-0.2, 0) is 0 Å². The molecule has 2 aliphatic rings. The van der Waals surface area contributed by atoms with Crippen LogP contribution < -0.4 is 5.32 Å². The van der Waals surface area contributed by atoms with Crippen molar-refractivity contribution >= 4 is 23.1 Å². The van der Waals surface area contributed by atoms with Crippen molar-refractivity contribution in [1.82, 2.24) is 4.90 Å². The molecule has 0 aliphatic carbocycles. The van der Waals surface area contributed by atoms with E-state index >= 15 is 0 Å². The number of anilines is 1. The van der Waals surface area contributed by atoms with Crippen LogP contribution in [0.2, 0.25) is 0 Å². The van der Waals surface area contributed by atoms with Gasteiger partial charge in [-0.3, -0.25) is 4.90 Å². The minimum absolute atomic E-state index is 0.0240. The Hall–Kier alpha value is -2.01. The van der Waals surface area contributed by atoms with Gasteiger partial charge >= 0.3 is 6.09 Å². The van der Waals surface area contributed by atoms with Crippen LogP contribution >= 0.6 is 11.3 Å². The highest BCUT2D eigenvalue weighted by molar-refractivity contribution is 7.08. The molecule has 0 spiro atoms. The van der Waals surface area contributed by atoms with Gasteiger partial charge in [-0.1, -0.05) is 45.9 Å². The molecule has 1 aromatic heterocycles. The minimum Gasteiger partial charge on any atom is -0.465 e. The van der Waals surface area contributed by atoms with E-state index < -0.39 is 6.09 Å². The third kappa shape index (κ3) is 2.44. The van der Waals surface area contributed by atoms with E-state index in [0.717, 1.165) is 17.7 Å². The van der Waals surface area contributed by atoms with Crippen LogP contribution in [0.25, 0.3) is 0 Å². The van der Waals surface area contributed by atoms with Crippen molar-refractivity contribution in [3.63, 3.8) is 0 Å². The number of rotatable bonds is 1. The number of para-hydroxylation sites is 1. The number of benzene rings is 1. The lowest BCUT2D eigenvalue weighted by Crippen LogP contribution is -2.46. The smallest absolute Gasteiger partial charge is 0.408 e. The van der Waals surface area contributed by atoms with Crippen molar-refractivity contribution in [3.8, 4) is 0 Å². The van der Waals surface area contributed by atoms with Crippen molar-refractivity contribution in [2.75, 3.05) is 5.32 Å². The van der Waals surface area contributed by atoms with E-state index in [1.54, 1.807) is 16.2 Å². The summed E-state index contributed by atoms with van der Waals surface area (Å²) in [6.45, 7) is 8.69. The van der Waals surface area contributed by atoms with E-state index in [2.05, 4.69) is 62.0 Å². The average molecular weight is 371 g/mol. The predicted molar refractivity (Wildman–Crippen MR) is 106 cm³/mol. The van der Waals surface area contributed by atoms with E-state index in [4.69, 9.17) is 0 Å². The summed E-state index contributed by atoms with van der Waals surface area (Å²) in [4.78, 5) is 14.1. The molecule has 5 heteroatoms. The van der Waals surface area contributed by atoms with Crippen LogP contribution in [0.1, 0.15) is 57.3 Å². The molecule has 2 aliphatic heterocycles. The second-order valence-electron chi connectivity index (χ2n) is 8.91. The van der Waals surface area contributed by atoms with Gasteiger partial charge in [-0.2, -0.15) is 11.3 Å². The summed E-state index contributed by atoms with van der Waals surface area (Å²) in [6.07, 6.45) is 0.0226. The second kappa shape index (κ2) is 5.74. The average Bonchev–Trinajstić information content (AvgIpc) is 3.19. The number of nitrogens with one attached hydrogen (secondary N) is 1. The molecule has 4 rings (SSSR count). The van der Waals surface area contributed by atoms with Gasteiger partial charge in [0.25, 0.3) is 0 Å². The summed E-state index contributed by atoms with van der Waals surface area (Å²) in [5.74, 6) is 0. The molecule has 0 bridgehead atoms. The van der Waals surface area contributed by atoms with E-state index in [9.17, 15) is 9.90 Å². The van der Waals surface area contributed by atoms with Gasteiger partial charge in [-0.15, -0.1) is 0 Å². The molecular formula is C21H26N2O2S. The fourth-order valence-electron chi connectivity index (χ4n) is 4.96. The molecule has 138 valence electrons. The summed E-state index contributed by atoms with van der Waals surface area (Å²) in [7, 11) is 0. The molecule has 4 nitrogen and oxygen atoms in total. The molecule has 1 amide bonds. The van der Waals surface area contributed by atoms with Crippen molar-refractivity contribution < 1.29 is 9.90 Å². The number of amides is 1. The molecule has 1 fully saturated rings. The highest BCUT2D eigenvalue weighted by Crippen LogP contribution is 2.63. The molecule has 4 atom stereocenters. The second-order valence-corrected chi connectivity index (χ2v) is 9.69. The van der Waals surface area contributed by atoms with Gasteiger partial charge in [0.15, 0.2) is 0 Å². The van der Waals surface area contributed by atoms with E-state index in [-0.39, 0.29) is 29.0 Å². The SMILES string of the molecule is CC(C)(C)C1C[C@@]2(C)[C@H](c3ccccc3N[C@H]2c2ccsc2)N1C(=O)O. The predicted octanol–water partition coefficient (Wildman–Crippen LogP) is 5.76. The lowest BCUT2D eigenvalue weighted by molar-refractivity contribution is 0.0754. The van der Waals surface area contributed by atoms with Crippen molar-refractivity contribution in [3.05, 3.63) is 52.2 Å². The first-order valence-corrected chi connectivity index (χ1v) is 10.1. The van der Waals surface area contributed by atoms with E-state index in [1.165, 1.54) is 5.56 Å². The Morgan fingerprint density at radius 1 is 1.31 bits per heavy atom. The number of carboxylic acid groups (broad SMARTS) is 1. The van der Waals surface area contributed by atoms with Crippen LogP contribution in [0.3, 0.4) is 0 Å². The Labute approximate surface area is 158 Å². The highest BCUT2D eigenvalue weighted by atomic mass is 32.1. The van der Waals surface area contributed by atoms with Crippen LogP contribution in [0, 0.1) is 10.8 Å². The molecule has 0 saturated carbocycles. The maximum absolute atomic E-state index is 12.4. The van der Waals surface area contributed by atoms with Gasteiger partial charge < -0.3 is 10.4 Å². The van der Waals surface area contributed by atoms with Gasteiger partial charge in [0.2, 0.25) is 0 Å². The standard InChI is InChI=1S/C21H26N2O2S/c1-20(2,3)16-11-21(4)17(13-9-10-26-12-13)22-15-8-6-5-7-14(15)18(21)23(16)19(24)25/h5-10,12,16-18,22H,11H2,1-4H3,(H,24,25)/t16?,17-,18-,21+/m0/s1. The number of fused-ring (bicyclic) bond motifs is 3. The largest absolute Gasteiger partial charge is 0.465 e. The zero-order valence-electron chi connectivity index (χ0n) is 15.7. The Balaban J connectivity index is 1.93. The molecule has 1 saturated heterocycles. The third-order valence-electron chi connectivity index (χ3n) is 6.18. The van der Waals surface area contributed by atoms with Crippen LogP contribution in [0.5, 0.6) is 0 Å². The van der Waals surface area contributed by atoms with E-state index in [0.29, 0.717) is 0 Å². The summed E-state index contributed by atoms with van der Waals surface area (Å²) in [5.41, 5.74) is 3.07. The molecule has 2 aromatic rings. The zero-order chi connectivity index (χ0) is 18.7.